The quantitative estimate of drug-likeness (QED) is 0.0493. The second kappa shape index (κ2) is 32.8. The average Bonchev–Trinajstić information content (AvgIpc) is 0.704. The van der Waals surface area contributed by atoms with Crippen molar-refractivity contribution in [1.29, 1.82) is 0 Å². The molecule has 10 nitrogen and oxygen atoms in total. The highest BCUT2D eigenvalue weighted by Gasteiger charge is 2.99. The second-order valence-electron chi connectivity index (χ2n) is 24.8. The topological polar surface area (TPSA) is 114 Å². The first kappa shape index (κ1) is 103. The van der Waals surface area contributed by atoms with E-state index in [1.54, 1.807) is 6.07 Å². The van der Waals surface area contributed by atoms with Gasteiger partial charge >= 0.3 is 143 Å². The Hall–Kier alpha value is -5.85. The third-order valence-electron chi connectivity index (χ3n) is 16.7. The van der Waals surface area contributed by atoms with Crippen molar-refractivity contribution in [2.24, 2.45) is 0 Å². The summed E-state index contributed by atoms with van der Waals surface area (Å²) in [5.74, 6) is -185. The van der Waals surface area contributed by atoms with Crippen molar-refractivity contribution in [3.63, 3.8) is 0 Å². The van der Waals surface area contributed by atoms with E-state index >= 15 is 17.6 Å². The van der Waals surface area contributed by atoms with Crippen LogP contribution in [-0.2, 0) is 28.4 Å². The number of hydrogen-bond donors (Lipinski definition) is 2. The molecule has 0 saturated carbocycles. The molecule has 0 bridgehead atoms. The van der Waals surface area contributed by atoms with Gasteiger partial charge in [0.1, 0.15) is 54.7 Å². The maximum Gasteiger partial charge on any atom is 0.460 e. The number of fused-ring (bicyclic) bond motifs is 1. The number of ether oxygens (including phenoxy) is 8. The maximum absolute atomic E-state index is 15.0. The predicted molar refractivity (Wildman–Crippen MR) is 273 cm³/mol. The summed E-state index contributed by atoms with van der Waals surface area (Å²) in [6.07, 6.45) is -59.4. The van der Waals surface area contributed by atoms with Crippen LogP contribution >= 0.6 is 0 Å². The van der Waals surface area contributed by atoms with E-state index in [9.17, 15) is 217 Å². The normalized spacial score (nSPS) is 21.1. The summed E-state index contributed by atoms with van der Waals surface area (Å²) in [6.45, 7) is -11.7. The number of aliphatic hydroxyl groups excluding tert-OH is 2. The SMILES string of the molecule is O[C@@H]1[C@@H](O)[C@H](Oc2ccc(OCC(OCCCC(F)(F)C(F)(F)C(F)(F)C(F)(F)C(F)(F)C(F)(F)C(F)(F)C(F)(F)F)C(COCCCC(F)(F)C(F)(F)C(F)(F)C(F)(F)C(F)(F)C(F)(F)C(F)(F)C(F)(F)F)OCCCC(F)(F)C(F)(F)C(F)(F)C(F)(F)C(F)(F)C(F)(F)C(F)(F)C(F)(F)F)cc2)O[C@@H]2CO[C@@H](c3ccccc3)O[C@@H]12. The van der Waals surface area contributed by atoms with Gasteiger partial charge in [0.15, 0.2) is 6.29 Å². The Balaban J connectivity index is 1.81. The Morgan fingerprint density at radius 3 is 0.915 bits per heavy atom. The number of alkyl halides is 51. The summed E-state index contributed by atoms with van der Waals surface area (Å²) in [6, 6.07) is 9.86. The first-order valence-electron chi connectivity index (χ1n) is 30.4. The zero-order valence-corrected chi connectivity index (χ0v) is 55.2. The number of benzene rings is 2. The van der Waals surface area contributed by atoms with Crippen LogP contribution in [0.25, 0.3) is 0 Å². The van der Waals surface area contributed by atoms with Crippen molar-refractivity contribution < 1.29 is 272 Å². The Labute approximate surface area is 613 Å². The minimum Gasteiger partial charge on any atom is -0.491 e. The molecule has 0 spiro atoms. The molecule has 0 radical (unpaired) electrons. The van der Waals surface area contributed by atoms with Crippen molar-refractivity contribution in [2.45, 2.75) is 231 Å². The van der Waals surface area contributed by atoms with E-state index in [-0.39, 0.29) is 0 Å². The standard InChI is InChI=1S/C56H43F51O10/c57-33(58,36(63,64)39(69,70)42(75,76)45(81,82)48(87,88)51(93,94)54(99,100)101)13-4-16-110-19-25(111-17-5-14-34(59,60)37(65,66)40(71,72)43(77,78)46(83,84)49(89,90)52(95,96)55(102,103)104)26(112-18-6-15-35(61,62)38(67,68)41(73,74)44(79,80)47(85,86)50(91,92)53(97,98)56(105,106)107)20-113-23-9-11-24(12-10-23)115-32-29(109)28(108)30-27(116-32)21-114-31(117-30)22-7-2-1-3-8-22/h1-3,7-12,25-32,108-109H,4-6,13-21H2/t25?,26?,27-,28-,29-,30-,31-,32-/m1/s1. The van der Waals surface area contributed by atoms with Gasteiger partial charge in [0.25, 0.3) is 0 Å². The lowest BCUT2D eigenvalue weighted by Gasteiger charge is -2.46. The molecule has 61 heteroatoms. The Bertz CT molecular complexity index is 3560. The van der Waals surface area contributed by atoms with Gasteiger partial charge in [0.2, 0.25) is 6.29 Å². The molecular formula is C56H43F51O10. The molecule has 0 aliphatic carbocycles. The summed E-state index contributed by atoms with van der Waals surface area (Å²) in [5, 5.41) is 21.7. The molecule has 2 fully saturated rings. The van der Waals surface area contributed by atoms with Crippen LogP contribution in [0, 0.1) is 0 Å². The fraction of sp³-hybridized carbons (Fsp3) is 0.786. The van der Waals surface area contributed by atoms with E-state index in [1.165, 1.54) is 24.3 Å². The van der Waals surface area contributed by atoms with Crippen molar-refractivity contribution in [3.8, 4) is 11.5 Å². The highest BCUT2D eigenvalue weighted by molar-refractivity contribution is 5.32. The molecule has 2 N–H and O–H groups in total. The minimum absolute atomic E-state index is 0.347. The summed E-state index contributed by atoms with van der Waals surface area (Å²) < 4.78 is 754. The summed E-state index contributed by atoms with van der Waals surface area (Å²) >= 11 is 0. The minimum atomic E-state index is -9.27. The van der Waals surface area contributed by atoms with Gasteiger partial charge in [-0.1, -0.05) is 30.3 Å². The third-order valence-corrected chi connectivity index (χ3v) is 16.7. The van der Waals surface area contributed by atoms with Gasteiger partial charge in [-0.25, -0.2) is 0 Å². The number of hydrogen-bond acceptors (Lipinski definition) is 10. The third kappa shape index (κ3) is 17.4. The van der Waals surface area contributed by atoms with E-state index in [1.807, 2.05) is 0 Å². The molecule has 4 rings (SSSR count). The summed E-state index contributed by atoms with van der Waals surface area (Å²) in [5.41, 5.74) is 0.347. The van der Waals surface area contributed by atoms with Crippen molar-refractivity contribution in [3.05, 3.63) is 60.2 Å². The predicted octanol–water partition coefficient (Wildman–Crippen LogP) is 20.2. The molecule has 684 valence electrons. The number of aliphatic hydroxyl groups is 2. The van der Waals surface area contributed by atoms with E-state index in [0.717, 1.165) is 0 Å². The largest absolute Gasteiger partial charge is 0.491 e. The molecule has 2 unspecified atom stereocenters. The van der Waals surface area contributed by atoms with Crippen LogP contribution in [-0.4, -0.2) is 236 Å². The highest BCUT2D eigenvalue weighted by Crippen LogP contribution is 2.69. The highest BCUT2D eigenvalue weighted by atomic mass is 19.5. The average molecular weight is 1840 g/mol. The van der Waals surface area contributed by atoms with Crippen molar-refractivity contribution >= 4 is 0 Å². The molecule has 0 aromatic heterocycles. The van der Waals surface area contributed by atoms with Gasteiger partial charge in [-0.3, -0.25) is 0 Å². The van der Waals surface area contributed by atoms with Gasteiger partial charge in [0, 0.05) is 44.6 Å². The number of rotatable bonds is 41. The lowest BCUT2D eigenvalue weighted by atomic mass is 9.88. The van der Waals surface area contributed by atoms with Crippen LogP contribution in [0.5, 0.6) is 11.5 Å². The fourth-order valence-corrected chi connectivity index (χ4v) is 9.62. The molecule has 8 atom stereocenters. The molecule has 2 aromatic carbocycles. The van der Waals surface area contributed by atoms with Crippen LogP contribution in [0.15, 0.2) is 54.6 Å². The maximum atomic E-state index is 15.0. The monoisotopic (exact) mass is 1840 g/mol. The van der Waals surface area contributed by atoms with Crippen LogP contribution < -0.4 is 9.47 Å². The lowest BCUT2D eigenvalue weighted by molar-refractivity contribution is -0.461. The Morgan fingerprint density at radius 1 is 0.316 bits per heavy atom. The van der Waals surface area contributed by atoms with Gasteiger partial charge in [-0.15, -0.1) is 0 Å². The van der Waals surface area contributed by atoms with Gasteiger partial charge in [-0.2, -0.15) is 224 Å². The molecule has 0 amide bonds. The smallest absolute Gasteiger partial charge is 0.460 e. The number of halogens is 51. The molecule has 117 heavy (non-hydrogen) atoms. The van der Waals surface area contributed by atoms with E-state index in [4.69, 9.17) is 28.4 Å². The van der Waals surface area contributed by atoms with Gasteiger partial charge < -0.3 is 48.1 Å². The zero-order chi connectivity index (χ0) is 91.9. The van der Waals surface area contributed by atoms with Crippen LogP contribution in [0.4, 0.5) is 224 Å². The summed E-state index contributed by atoms with van der Waals surface area (Å²) in [4.78, 5) is 0. The first-order valence-corrected chi connectivity index (χ1v) is 30.4. The Morgan fingerprint density at radius 2 is 0.598 bits per heavy atom. The van der Waals surface area contributed by atoms with E-state index in [2.05, 4.69) is 9.47 Å². The molecule has 2 heterocycles. The van der Waals surface area contributed by atoms with Gasteiger partial charge in [-0.05, 0) is 43.5 Å². The van der Waals surface area contributed by atoms with E-state index < -0.39 is 282 Å². The molecule has 2 aliphatic heterocycles. The van der Waals surface area contributed by atoms with Gasteiger partial charge in [0.05, 0.1) is 13.2 Å². The molecule has 2 saturated heterocycles. The Kier molecular flexibility index (Phi) is 29.0. The van der Waals surface area contributed by atoms with Crippen LogP contribution in [0.1, 0.15) is 50.4 Å². The van der Waals surface area contributed by atoms with E-state index in [0.29, 0.717) is 29.8 Å². The zero-order valence-electron chi connectivity index (χ0n) is 55.2. The lowest BCUT2D eigenvalue weighted by Crippen LogP contribution is -2.74. The fourth-order valence-electron chi connectivity index (χ4n) is 9.62. The van der Waals surface area contributed by atoms with Crippen molar-refractivity contribution in [2.75, 3.05) is 39.6 Å². The first-order chi connectivity index (χ1) is 51.7. The van der Waals surface area contributed by atoms with Crippen LogP contribution in [0.2, 0.25) is 0 Å². The van der Waals surface area contributed by atoms with Crippen molar-refractivity contribution in [1.82, 2.24) is 0 Å². The second-order valence-corrected chi connectivity index (χ2v) is 24.8. The van der Waals surface area contributed by atoms with Crippen LogP contribution in [0.3, 0.4) is 0 Å². The molecule has 2 aromatic rings. The molecule has 2 aliphatic rings. The molecular weight excluding hydrogens is 1800 g/mol. The summed E-state index contributed by atoms with van der Waals surface area (Å²) in [7, 11) is 0.